The standard InChI is InChI=1S/C13H27NO4S2/c1-4-5-6-7-9-19-10-8-12(15)14-13(2,3)11-20(16,17)18/h4-11H2,1-3H3,(H,14,15)(H,16,17,18). The lowest BCUT2D eigenvalue weighted by atomic mass is 10.1. The van der Waals surface area contributed by atoms with Gasteiger partial charge in [-0.25, -0.2) is 0 Å². The Morgan fingerprint density at radius 1 is 1.20 bits per heavy atom. The molecule has 0 saturated carbocycles. The molecule has 0 rings (SSSR count). The summed E-state index contributed by atoms with van der Waals surface area (Å²) < 4.78 is 30.4. The maximum Gasteiger partial charge on any atom is 0.267 e. The first-order valence-electron chi connectivity index (χ1n) is 7.00. The van der Waals surface area contributed by atoms with Gasteiger partial charge in [-0.15, -0.1) is 0 Å². The smallest absolute Gasteiger partial charge is 0.267 e. The van der Waals surface area contributed by atoms with E-state index in [0.717, 1.165) is 11.5 Å². The maximum absolute atomic E-state index is 11.7. The van der Waals surface area contributed by atoms with Gasteiger partial charge < -0.3 is 5.32 Å². The lowest BCUT2D eigenvalue weighted by Crippen LogP contribution is -2.48. The number of amides is 1. The molecule has 20 heavy (non-hydrogen) atoms. The van der Waals surface area contributed by atoms with E-state index in [4.69, 9.17) is 4.55 Å². The Morgan fingerprint density at radius 2 is 1.85 bits per heavy atom. The zero-order chi connectivity index (χ0) is 15.6. The van der Waals surface area contributed by atoms with Crippen LogP contribution in [0.4, 0.5) is 0 Å². The van der Waals surface area contributed by atoms with Crippen LogP contribution in [-0.2, 0) is 14.9 Å². The summed E-state index contributed by atoms with van der Waals surface area (Å²) in [7, 11) is -4.09. The van der Waals surface area contributed by atoms with Crippen LogP contribution in [0.2, 0.25) is 0 Å². The van der Waals surface area contributed by atoms with E-state index in [9.17, 15) is 13.2 Å². The van der Waals surface area contributed by atoms with Crippen molar-refractivity contribution in [3.63, 3.8) is 0 Å². The predicted octanol–water partition coefficient (Wildman–Crippen LogP) is 2.47. The highest BCUT2D eigenvalue weighted by atomic mass is 32.2. The van der Waals surface area contributed by atoms with Crippen molar-refractivity contribution in [2.24, 2.45) is 0 Å². The topological polar surface area (TPSA) is 83.5 Å². The molecule has 0 spiro atoms. The Hall–Kier alpha value is -0.270. The molecule has 0 aliphatic heterocycles. The number of thioether (sulfide) groups is 1. The molecule has 7 heteroatoms. The largest absolute Gasteiger partial charge is 0.350 e. The van der Waals surface area contributed by atoms with E-state index in [2.05, 4.69) is 12.2 Å². The van der Waals surface area contributed by atoms with Crippen LogP contribution in [0, 0.1) is 0 Å². The van der Waals surface area contributed by atoms with Crippen molar-refractivity contribution in [1.29, 1.82) is 0 Å². The SMILES string of the molecule is CCCCCCSCCC(=O)NC(C)(C)CS(=O)(=O)O. The summed E-state index contributed by atoms with van der Waals surface area (Å²) in [6.45, 7) is 5.33. The van der Waals surface area contributed by atoms with Gasteiger partial charge in [0.2, 0.25) is 5.91 Å². The van der Waals surface area contributed by atoms with Crippen LogP contribution >= 0.6 is 11.8 Å². The van der Waals surface area contributed by atoms with Crippen LogP contribution in [-0.4, -0.2) is 41.7 Å². The zero-order valence-electron chi connectivity index (χ0n) is 12.6. The van der Waals surface area contributed by atoms with E-state index in [1.54, 1.807) is 25.6 Å². The van der Waals surface area contributed by atoms with Gasteiger partial charge in [-0.1, -0.05) is 26.2 Å². The van der Waals surface area contributed by atoms with Crippen molar-refractivity contribution >= 4 is 27.8 Å². The number of carbonyl (C=O) groups is 1. The van der Waals surface area contributed by atoms with Gasteiger partial charge in [-0.3, -0.25) is 9.35 Å². The molecule has 0 aromatic carbocycles. The molecule has 5 nitrogen and oxygen atoms in total. The fourth-order valence-electron chi connectivity index (χ4n) is 1.83. The molecular formula is C13H27NO4S2. The third kappa shape index (κ3) is 12.7. The average Bonchev–Trinajstić information content (AvgIpc) is 2.23. The van der Waals surface area contributed by atoms with Gasteiger partial charge in [0.25, 0.3) is 10.1 Å². The quantitative estimate of drug-likeness (QED) is 0.450. The third-order valence-electron chi connectivity index (χ3n) is 2.64. The Balaban J connectivity index is 3.78. The van der Waals surface area contributed by atoms with E-state index in [1.807, 2.05) is 0 Å². The Bertz CT molecular complexity index is 380. The zero-order valence-corrected chi connectivity index (χ0v) is 14.3. The summed E-state index contributed by atoms with van der Waals surface area (Å²) >= 11 is 1.74. The summed E-state index contributed by atoms with van der Waals surface area (Å²) in [6.07, 6.45) is 5.25. The molecule has 0 unspecified atom stereocenters. The van der Waals surface area contributed by atoms with Gasteiger partial charge in [-0.2, -0.15) is 20.2 Å². The monoisotopic (exact) mass is 325 g/mol. The molecule has 0 aromatic rings. The number of carbonyl (C=O) groups excluding carboxylic acids is 1. The molecule has 0 bridgehead atoms. The van der Waals surface area contributed by atoms with Crippen LogP contribution in [0.15, 0.2) is 0 Å². The summed E-state index contributed by atoms with van der Waals surface area (Å²) in [5.74, 6) is 1.14. The van der Waals surface area contributed by atoms with Crippen molar-refractivity contribution in [2.75, 3.05) is 17.3 Å². The third-order valence-corrected chi connectivity index (χ3v) is 4.79. The Kier molecular flexibility index (Phi) is 9.50. The summed E-state index contributed by atoms with van der Waals surface area (Å²) in [4.78, 5) is 11.7. The highest BCUT2D eigenvalue weighted by Crippen LogP contribution is 2.10. The summed E-state index contributed by atoms with van der Waals surface area (Å²) in [6, 6.07) is 0. The molecule has 2 N–H and O–H groups in total. The number of rotatable bonds is 11. The Morgan fingerprint density at radius 3 is 2.40 bits per heavy atom. The number of hydrogen-bond donors (Lipinski definition) is 2. The van der Waals surface area contributed by atoms with E-state index < -0.39 is 21.4 Å². The number of hydrogen-bond acceptors (Lipinski definition) is 4. The van der Waals surface area contributed by atoms with Crippen LogP contribution < -0.4 is 5.32 Å². The van der Waals surface area contributed by atoms with Crippen LogP contribution in [0.25, 0.3) is 0 Å². The average molecular weight is 325 g/mol. The second kappa shape index (κ2) is 9.63. The van der Waals surface area contributed by atoms with Gasteiger partial charge in [0.05, 0.1) is 11.3 Å². The minimum Gasteiger partial charge on any atom is -0.350 e. The van der Waals surface area contributed by atoms with Crippen molar-refractivity contribution < 1.29 is 17.8 Å². The predicted molar refractivity (Wildman–Crippen MR) is 84.7 cm³/mol. The molecule has 0 fully saturated rings. The second-order valence-corrected chi connectivity index (χ2v) is 8.26. The van der Waals surface area contributed by atoms with Crippen molar-refractivity contribution in [1.82, 2.24) is 5.32 Å². The van der Waals surface area contributed by atoms with Gasteiger partial charge in [0.15, 0.2) is 0 Å². The van der Waals surface area contributed by atoms with Crippen molar-refractivity contribution in [2.45, 2.75) is 58.4 Å². The van der Waals surface area contributed by atoms with E-state index >= 15 is 0 Å². The van der Waals surface area contributed by atoms with Crippen LogP contribution in [0.1, 0.15) is 52.9 Å². The fourth-order valence-corrected chi connectivity index (χ4v) is 3.76. The molecule has 0 aliphatic rings. The second-order valence-electron chi connectivity index (χ2n) is 5.58. The highest BCUT2D eigenvalue weighted by Gasteiger charge is 2.26. The van der Waals surface area contributed by atoms with E-state index in [1.165, 1.54) is 25.7 Å². The first kappa shape index (κ1) is 19.7. The van der Waals surface area contributed by atoms with Crippen LogP contribution in [0.5, 0.6) is 0 Å². The summed E-state index contributed by atoms with van der Waals surface area (Å²) in [5.41, 5.74) is -0.948. The molecule has 0 atom stereocenters. The van der Waals surface area contributed by atoms with Crippen molar-refractivity contribution in [3.05, 3.63) is 0 Å². The van der Waals surface area contributed by atoms with E-state index in [-0.39, 0.29) is 5.91 Å². The molecule has 0 heterocycles. The van der Waals surface area contributed by atoms with Gasteiger partial charge >= 0.3 is 0 Å². The highest BCUT2D eigenvalue weighted by molar-refractivity contribution is 7.99. The van der Waals surface area contributed by atoms with Gasteiger partial charge in [-0.05, 0) is 26.0 Å². The Labute approximate surface area is 127 Å². The molecule has 0 radical (unpaired) electrons. The van der Waals surface area contributed by atoms with Gasteiger partial charge in [0.1, 0.15) is 0 Å². The molecule has 0 aliphatic carbocycles. The lowest BCUT2D eigenvalue weighted by molar-refractivity contribution is -0.122. The molecule has 120 valence electrons. The first-order chi connectivity index (χ1) is 9.16. The molecular weight excluding hydrogens is 298 g/mol. The first-order valence-corrected chi connectivity index (χ1v) is 9.76. The fraction of sp³-hybridized carbons (Fsp3) is 0.923. The minimum atomic E-state index is -4.09. The molecule has 0 saturated heterocycles. The summed E-state index contributed by atoms with van der Waals surface area (Å²) in [5, 5.41) is 2.63. The minimum absolute atomic E-state index is 0.181. The van der Waals surface area contributed by atoms with Gasteiger partial charge in [0, 0.05) is 12.2 Å². The van der Waals surface area contributed by atoms with Crippen LogP contribution in [0.3, 0.4) is 0 Å². The van der Waals surface area contributed by atoms with E-state index in [0.29, 0.717) is 6.42 Å². The molecule has 0 aromatic heterocycles. The lowest BCUT2D eigenvalue weighted by Gasteiger charge is -2.24. The molecule has 1 amide bonds. The number of nitrogens with one attached hydrogen (secondary N) is 1. The maximum atomic E-state index is 11.7. The van der Waals surface area contributed by atoms with Crippen molar-refractivity contribution in [3.8, 4) is 0 Å². The normalized spacial score (nSPS) is 12.4. The number of unbranched alkanes of at least 4 members (excludes halogenated alkanes) is 3.